The summed E-state index contributed by atoms with van der Waals surface area (Å²) in [5.74, 6) is -3.86. The fourth-order valence-electron chi connectivity index (χ4n) is 2.39. The van der Waals surface area contributed by atoms with E-state index >= 15 is 0 Å². The number of hydrogen-bond donors (Lipinski definition) is 1. The predicted octanol–water partition coefficient (Wildman–Crippen LogP) is 1.42. The molecule has 0 radical (unpaired) electrons. The molecule has 116 valence electrons. The molecule has 0 aromatic carbocycles. The topological polar surface area (TPSA) is 72.6 Å². The zero-order chi connectivity index (χ0) is 15.6. The molecule has 0 saturated heterocycles. The highest BCUT2D eigenvalue weighted by molar-refractivity contribution is 5.88. The number of halogens is 3. The number of carbonyl (C=O) groups excluding carboxylic acids is 2. The third-order valence-electron chi connectivity index (χ3n) is 3.45. The number of amides is 1. The molecule has 1 saturated carbocycles. The third-order valence-corrected chi connectivity index (χ3v) is 3.45. The van der Waals surface area contributed by atoms with Crippen LogP contribution in [0.15, 0.2) is 0 Å². The van der Waals surface area contributed by atoms with Gasteiger partial charge in [-0.2, -0.15) is 13.2 Å². The van der Waals surface area contributed by atoms with Crippen molar-refractivity contribution in [2.24, 2.45) is 11.7 Å². The number of alkyl halides is 3. The Kier molecular flexibility index (Phi) is 5.01. The molecule has 1 aliphatic carbocycles. The summed E-state index contributed by atoms with van der Waals surface area (Å²) in [6.45, 7) is 0. The number of carbonyl (C=O) groups is 2. The quantitative estimate of drug-likeness (QED) is 0.631. The molecule has 2 N–H and O–H groups in total. The number of nitrogens with two attached hydrogens (primary N) is 1. The Hall–Kier alpha value is -1.31. The van der Waals surface area contributed by atoms with E-state index in [1.807, 2.05) is 0 Å². The van der Waals surface area contributed by atoms with Crippen molar-refractivity contribution < 1.29 is 27.5 Å². The number of esters is 1. The van der Waals surface area contributed by atoms with E-state index in [1.54, 1.807) is 0 Å². The van der Waals surface area contributed by atoms with Crippen LogP contribution in [0.2, 0.25) is 0 Å². The van der Waals surface area contributed by atoms with Gasteiger partial charge in [-0.3, -0.25) is 10.5 Å². The first kappa shape index (κ1) is 16.7. The van der Waals surface area contributed by atoms with Crippen molar-refractivity contribution >= 4 is 11.9 Å². The summed E-state index contributed by atoms with van der Waals surface area (Å²) in [5, 5.41) is 0. The monoisotopic (exact) mass is 296 g/mol. The van der Waals surface area contributed by atoms with Crippen LogP contribution >= 0.6 is 0 Å². The van der Waals surface area contributed by atoms with Crippen molar-refractivity contribution in [2.75, 3.05) is 14.1 Å². The molecule has 1 amide bonds. The fourth-order valence-corrected chi connectivity index (χ4v) is 2.39. The SMILES string of the molecule is CN(C)C(=O)[C@@](N)(OC(=O)C(F)(F)F)C1CCCCC1. The number of rotatable bonds is 3. The van der Waals surface area contributed by atoms with Gasteiger partial charge in [-0.1, -0.05) is 19.3 Å². The summed E-state index contributed by atoms with van der Waals surface area (Å²) >= 11 is 0. The van der Waals surface area contributed by atoms with E-state index in [2.05, 4.69) is 4.74 Å². The molecule has 0 bridgehead atoms. The van der Waals surface area contributed by atoms with E-state index in [1.165, 1.54) is 14.1 Å². The summed E-state index contributed by atoms with van der Waals surface area (Å²) in [4.78, 5) is 24.2. The van der Waals surface area contributed by atoms with E-state index in [-0.39, 0.29) is 0 Å². The van der Waals surface area contributed by atoms with Gasteiger partial charge in [0.2, 0.25) is 5.72 Å². The fraction of sp³-hybridized carbons (Fsp3) is 0.833. The zero-order valence-corrected chi connectivity index (χ0v) is 11.5. The van der Waals surface area contributed by atoms with Crippen molar-refractivity contribution in [1.82, 2.24) is 4.90 Å². The van der Waals surface area contributed by atoms with Crippen molar-refractivity contribution in [1.29, 1.82) is 0 Å². The molecule has 1 atom stereocenters. The molecular formula is C12H19F3N2O3. The van der Waals surface area contributed by atoms with Gasteiger partial charge in [0.15, 0.2) is 0 Å². The van der Waals surface area contributed by atoms with Crippen LogP contribution in [0, 0.1) is 5.92 Å². The van der Waals surface area contributed by atoms with Gasteiger partial charge in [-0.25, -0.2) is 4.79 Å². The van der Waals surface area contributed by atoms with Crippen LogP contribution in [-0.4, -0.2) is 42.8 Å². The van der Waals surface area contributed by atoms with Crippen LogP contribution in [0.3, 0.4) is 0 Å². The van der Waals surface area contributed by atoms with E-state index in [0.717, 1.165) is 24.2 Å². The number of likely N-dealkylation sites (N-methyl/N-ethyl adjacent to an activating group) is 1. The first-order valence-electron chi connectivity index (χ1n) is 6.40. The number of nitrogens with zero attached hydrogens (tertiary/aromatic N) is 1. The Labute approximate surface area is 115 Å². The van der Waals surface area contributed by atoms with E-state index in [4.69, 9.17) is 5.73 Å². The molecule has 8 heteroatoms. The maximum absolute atomic E-state index is 12.4. The summed E-state index contributed by atoms with van der Waals surface area (Å²) in [6, 6.07) is 0. The van der Waals surface area contributed by atoms with Crippen molar-refractivity contribution in [3.8, 4) is 0 Å². The largest absolute Gasteiger partial charge is 0.491 e. The molecule has 0 heterocycles. The molecule has 1 fully saturated rings. The highest BCUT2D eigenvalue weighted by atomic mass is 19.4. The Bertz CT molecular complexity index is 379. The van der Waals surface area contributed by atoms with Gasteiger partial charge >= 0.3 is 12.1 Å². The second kappa shape index (κ2) is 5.99. The zero-order valence-electron chi connectivity index (χ0n) is 11.5. The molecule has 1 aliphatic rings. The van der Waals surface area contributed by atoms with Crippen LogP contribution in [0.1, 0.15) is 32.1 Å². The van der Waals surface area contributed by atoms with Crippen LogP contribution in [0.4, 0.5) is 13.2 Å². The van der Waals surface area contributed by atoms with E-state index < -0.39 is 29.7 Å². The Morgan fingerprint density at radius 2 is 1.65 bits per heavy atom. The van der Waals surface area contributed by atoms with Crippen LogP contribution < -0.4 is 5.73 Å². The summed E-state index contributed by atoms with van der Waals surface area (Å²) in [7, 11) is 2.71. The number of ether oxygens (including phenoxy) is 1. The molecule has 0 aromatic heterocycles. The van der Waals surface area contributed by atoms with Crippen LogP contribution in [0.25, 0.3) is 0 Å². The lowest BCUT2D eigenvalue weighted by atomic mass is 9.81. The first-order valence-corrected chi connectivity index (χ1v) is 6.40. The number of hydrogen-bond acceptors (Lipinski definition) is 4. The standard InChI is InChI=1S/C12H19F3N2O3/c1-17(2)9(18)11(16,8-6-4-3-5-7-8)20-10(19)12(13,14)15/h8H,3-7,16H2,1-2H3/t11-/m0/s1. The minimum atomic E-state index is -5.17. The van der Waals surface area contributed by atoms with Gasteiger partial charge in [0.1, 0.15) is 0 Å². The third kappa shape index (κ3) is 3.62. The highest BCUT2D eigenvalue weighted by Gasteiger charge is 2.52. The molecule has 1 rings (SSSR count). The maximum atomic E-state index is 12.4. The minimum absolute atomic E-state index is 0.460. The van der Waals surface area contributed by atoms with E-state index in [9.17, 15) is 22.8 Å². The molecule has 5 nitrogen and oxygen atoms in total. The summed E-state index contributed by atoms with van der Waals surface area (Å²) in [6.07, 6.45) is -1.84. The van der Waals surface area contributed by atoms with Gasteiger partial charge in [0.25, 0.3) is 5.91 Å². The van der Waals surface area contributed by atoms with Crippen molar-refractivity contribution in [2.45, 2.75) is 44.0 Å². The molecule has 0 aliphatic heterocycles. The van der Waals surface area contributed by atoms with Gasteiger partial charge in [-0.05, 0) is 12.8 Å². The normalized spacial score (nSPS) is 20.1. The Balaban J connectivity index is 3.00. The lowest BCUT2D eigenvalue weighted by Crippen LogP contribution is -2.62. The summed E-state index contributed by atoms with van der Waals surface area (Å²) < 4.78 is 41.5. The lowest BCUT2D eigenvalue weighted by Gasteiger charge is -2.38. The predicted molar refractivity (Wildman–Crippen MR) is 64.3 cm³/mol. The minimum Gasteiger partial charge on any atom is -0.427 e. The van der Waals surface area contributed by atoms with Gasteiger partial charge in [0, 0.05) is 20.0 Å². The van der Waals surface area contributed by atoms with Gasteiger partial charge < -0.3 is 9.64 Å². The molecule has 0 spiro atoms. The maximum Gasteiger partial charge on any atom is 0.491 e. The molecule has 0 aromatic rings. The average Bonchev–Trinajstić information content (AvgIpc) is 2.37. The summed E-state index contributed by atoms with van der Waals surface area (Å²) in [5.41, 5.74) is 3.53. The van der Waals surface area contributed by atoms with Crippen molar-refractivity contribution in [3.05, 3.63) is 0 Å². The highest BCUT2D eigenvalue weighted by Crippen LogP contribution is 2.34. The van der Waals surface area contributed by atoms with Crippen molar-refractivity contribution in [3.63, 3.8) is 0 Å². The molecular weight excluding hydrogens is 277 g/mol. The van der Waals surface area contributed by atoms with Crippen LogP contribution in [-0.2, 0) is 14.3 Å². The molecule has 20 heavy (non-hydrogen) atoms. The van der Waals surface area contributed by atoms with Crippen LogP contribution in [0.5, 0.6) is 0 Å². The van der Waals surface area contributed by atoms with Gasteiger partial charge in [0.05, 0.1) is 0 Å². The smallest absolute Gasteiger partial charge is 0.427 e. The van der Waals surface area contributed by atoms with Gasteiger partial charge in [-0.15, -0.1) is 0 Å². The first-order chi connectivity index (χ1) is 9.09. The average molecular weight is 296 g/mol. The molecule has 0 unspecified atom stereocenters. The second-order valence-electron chi connectivity index (χ2n) is 5.21. The lowest BCUT2D eigenvalue weighted by molar-refractivity contribution is -0.221. The Morgan fingerprint density at radius 3 is 2.05 bits per heavy atom. The van der Waals surface area contributed by atoms with E-state index in [0.29, 0.717) is 12.8 Å². The second-order valence-corrected chi connectivity index (χ2v) is 5.21. The Morgan fingerprint density at radius 1 is 1.15 bits per heavy atom.